The van der Waals surface area contributed by atoms with E-state index in [2.05, 4.69) is 38.0 Å². The Bertz CT molecular complexity index is 388. The van der Waals surface area contributed by atoms with E-state index in [1.165, 1.54) is 5.56 Å². The molecular weight excluding hydrogens is 224 g/mol. The highest BCUT2D eigenvalue weighted by atomic mass is 16.5. The number of pyridine rings is 1. The molecule has 0 aliphatic carbocycles. The molecule has 3 nitrogen and oxygen atoms in total. The minimum absolute atomic E-state index is 0.536. The topological polar surface area (TPSA) is 34.1 Å². The number of aromatic nitrogens is 1. The quantitative estimate of drug-likeness (QED) is 0.843. The molecule has 0 aliphatic heterocycles. The van der Waals surface area contributed by atoms with Crippen LogP contribution in [0.25, 0.3) is 0 Å². The van der Waals surface area contributed by atoms with Crippen molar-refractivity contribution in [1.29, 1.82) is 0 Å². The van der Waals surface area contributed by atoms with Crippen molar-refractivity contribution < 1.29 is 4.74 Å². The molecule has 3 heteroatoms. The van der Waals surface area contributed by atoms with E-state index < -0.39 is 0 Å². The molecule has 0 aliphatic rings. The van der Waals surface area contributed by atoms with Crippen molar-refractivity contribution in [1.82, 2.24) is 10.3 Å². The largest absolute Gasteiger partial charge is 0.496 e. The SMILES string of the molecule is COc1c(C)cnc(CC(C)CNC(C)C)c1C. The predicted molar refractivity (Wildman–Crippen MR) is 76.3 cm³/mol. The fraction of sp³-hybridized carbons (Fsp3) is 0.667. The maximum absolute atomic E-state index is 5.44. The number of rotatable bonds is 6. The molecule has 0 bridgehead atoms. The molecule has 18 heavy (non-hydrogen) atoms. The van der Waals surface area contributed by atoms with Crippen LogP contribution in [-0.4, -0.2) is 24.7 Å². The van der Waals surface area contributed by atoms with Crippen LogP contribution in [0.4, 0.5) is 0 Å². The third-order valence-electron chi connectivity index (χ3n) is 3.17. The van der Waals surface area contributed by atoms with Crippen molar-refractivity contribution in [3.8, 4) is 5.75 Å². The zero-order valence-electron chi connectivity index (χ0n) is 12.5. The molecule has 0 spiro atoms. The number of ether oxygens (including phenoxy) is 1. The fourth-order valence-electron chi connectivity index (χ4n) is 2.12. The van der Waals surface area contributed by atoms with E-state index in [9.17, 15) is 0 Å². The molecule has 1 unspecified atom stereocenters. The Hall–Kier alpha value is -1.09. The van der Waals surface area contributed by atoms with Crippen molar-refractivity contribution in [2.45, 2.75) is 47.1 Å². The van der Waals surface area contributed by atoms with Gasteiger partial charge in [0.2, 0.25) is 0 Å². The van der Waals surface area contributed by atoms with E-state index in [1.807, 2.05) is 13.1 Å². The summed E-state index contributed by atoms with van der Waals surface area (Å²) in [6, 6.07) is 0.536. The second kappa shape index (κ2) is 6.74. The Morgan fingerprint density at radius 3 is 2.50 bits per heavy atom. The first-order chi connectivity index (χ1) is 8.45. The van der Waals surface area contributed by atoms with Gasteiger partial charge in [0, 0.05) is 29.1 Å². The standard InChI is InChI=1S/C15H26N2O/c1-10(2)16-8-11(3)7-14-13(5)15(18-6)12(4)9-17-14/h9-11,16H,7-8H2,1-6H3. The lowest BCUT2D eigenvalue weighted by Crippen LogP contribution is -2.28. The van der Waals surface area contributed by atoms with Crippen LogP contribution in [0.1, 0.15) is 37.6 Å². The van der Waals surface area contributed by atoms with Crippen molar-refractivity contribution in [3.63, 3.8) is 0 Å². The molecule has 0 saturated heterocycles. The fourth-order valence-corrected chi connectivity index (χ4v) is 2.12. The summed E-state index contributed by atoms with van der Waals surface area (Å²) in [6.45, 7) is 11.7. The van der Waals surface area contributed by atoms with Crippen LogP contribution >= 0.6 is 0 Å². The zero-order chi connectivity index (χ0) is 13.7. The average molecular weight is 250 g/mol. The summed E-state index contributed by atoms with van der Waals surface area (Å²) in [5.74, 6) is 1.55. The van der Waals surface area contributed by atoms with Crippen LogP contribution in [-0.2, 0) is 6.42 Å². The number of methoxy groups -OCH3 is 1. The maximum Gasteiger partial charge on any atom is 0.128 e. The minimum atomic E-state index is 0.536. The van der Waals surface area contributed by atoms with Gasteiger partial charge in [-0.1, -0.05) is 20.8 Å². The van der Waals surface area contributed by atoms with E-state index in [0.29, 0.717) is 12.0 Å². The number of nitrogens with zero attached hydrogens (tertiary/aromatic N) is 1. The lowest BCUT2D eigenvalue weighted by Gasteiger charge is -2.17. The summed E-state index contributed by atoms with van der Waals surface area (Å²) in [5, 5.41) is 3.47. The van der Waals surface area contributed by atoms with Crippen molar-refractivity contribution in [2.75, 3.05) is 13.7 Å². The molecule has 1 atom stereocenters. The van der Waals surface area contributed by atoms with Gasteiger partial charge in [-0.25, -0.2) is 0 Å². The highest BCUT2D eigenvalue weighted by Gasteiger charge is 2.12. The molecule has 0 fully saturated rings. The van der Waals surface area contributed by atoms with Gasteiger partial charge in [-0.2, -0.15) is 0 Å². The van der Waals surface area contributed by atoms with E-state index in [-0.39, 0.29) is 0 Å². The predicted octanol–water partition coefficient (Wildman–Crippen LogP) is 2.88. The van der Waals surface area contributed by atoms with Gasteiger partial charge in [0.1, 0.15) is 5.75 Å². The molecule has 0 saturated carbocycles. The molecule has 1 aromatic rings. The molecule has 1 heterocycles. The van der Waals surface area contributed by atoms with Gasteiger partial charge in [-0.3, -0.25) is 4.98 Å². The second-order valence-corrected chi connectivity index (χ2v) is 5.42. The Morgan fingerprint density at radius 1 is 1.28 bits per heavy atom. The van der Waals surface area contributed by atoms with Gasteiger partial charge in [-0.15, -0.1) is 0 Å². The number of hydrogen-bond acceptors (Lipinski definition) is 3. The third-order valence-corrected chi connectivity index (χ3v) is 3.17. The molecule has 0 radical (unpaired) electrons. The summed E-state index contributed by atoms with van der Waals surface area (Å²) in [4.78, 5) is 4.55. The van der Waals surface area contributed by atoms with E-state index in [1.54, 1.807) is 7.11 Å². The Kier molecular flexibility index (Phi) is 5.60. The molecule has 0 aromatic carbocycles. The first-order valence-electron chi connectivity index (χ1n) is 6.68. The van der Waals surface area contributed by atoms with Crippen molar-refractivity contribution >= 4 is 0 Å². The van der Waals surface area contributed by atoms with Gasteiger partial charge in [-0.05, 0) is 32.7 Å². The molecule has 102 valence electrons. The summed E-state index contributed by atoms with van der Waals surface area (Å²) < 4.78 is 5.44. The monoisotopic (exact) mass is 250 g/mol. The number of hydrogen-bond donors (Lipinski definition) is 1. The highest BCUT2D eigenvalue weighted by Crippen LogP contribution is 2.25. The molecule has 1 rings (SSSR count). The first kappa shape index (κ1) is 15.0. The molecule has 1 aromatic heterocycles. The van der Waals surface area contributed by atoms with Crippen LogP contribution in [0, 0.1) is 19.8 Å². The van der Waals surface area contributed by atoms with Gasteiger partial charge in [0.15, 0.2) is 0 Å². The van der Waals surface area contributed by atoms with E-state index in [4.69, 9.17) is 4.74 Å². The summed E-state index contributed by atoms with van der Waals surface area (Å²) >= 11 is 0. The maximum atomic E-state index is 5.44. The van der Waals surface area contributed by atoms with Crippen molar-refractivity contribution in [3.05, 3.63) is 23.0 Å². The van der Waals surface area contributed by atoms with Crippen LogP contribution in [0.5, 0.6) is 5.75 Å². The van der Waals surface area contributed by atoms with Crippen LogP contribution in [0.2, 0.25) is 0 Å². The third kappa shape index (κ3) is 3.98. The minimum Gasteiger partial charge on any atom is -0.496 e. The van der Waals surface area contributed by atoms with Crippen LogP contribution < -0.4 is 10.1 Å². The van der Waals surface area contributed by atoms with Gasteiger partial charge in [0.05, 0.1) is 7.11 Å². The Morgan fingerprint density at radius 2 is 1.94 bits per heavy atom. The summed E-state index contributed by atoms with van der Waals surface area (Å²) in [6.07, 6.45) is 2.89. The molecule has 0 amide bonds. The normalized spacial score (nSPS) is 12.8. The summed E-state index contributed by atoms with van der Waals surface area (Å²) in [7, 11) is 1.73. The van der Waals surface area contributed by atoms with Gasteiger partial charge < -0.3 is 10.1 Å². The zero-order valence-corrected chi connectivity index (χ0v) is 12.5. The van der Waals surface area contributed by atoms with Crippen LogP contribution in [0.3, 0.4) is 0 Å². The lowest BCUT2D eigenvalue weighted by molar-refractivity contribution is 0.405. The highest BCUT2D eigenvalue weighted by molar-refractivity contribution is 5.41. The van der Waals surface area contributed by atoms with Crippen molar-refractivity contribution in [2.24, 2.45) is 5.92 Å². The van der Waals surface area contributed by atoms with Gasteiger partial charge in [0.25, 0.3) is 0 Å². The first-order valence-corrected chi connectivity index (χ1v) is 6.68. The van der Waals surface area contributed by atoms with E-state index >= 15 is 0 Å². The van der Waals surface area contributed by atoms with Gasteiger partial charge >= 0.3 is 0 Å². The number of nitrogens with one attached hydrogen (secondary N) is 1. The number of aryl methyl sites for hydroxylation is 1. The second-order valence-electron chi connectivity index (χ2n) is 5.42. The smallest absolute Gasteiger partial charge is 0.128 e. The summed E-state index contributed by atoms with van der Waals surface area (Å²) in [5.41, 5.74) is 3.43. The molecule has 1 N–H and O–H groups in total. The molecular formula is C15H26N2O. The Labute approximate surface area is 111 Å². The Balaban J connectivity index is 2.73. The van der Waals surface area contributed by atoms with Crippen LogP contribution in [0.15, 0.2) is 6.20 Å². The van der Waals surface area contributed by atoms with E-state index in [0.717, 1.165) is 30.0 Å². The lowest BCUT2D eigenvalue weighted by atomic mass is 10.0. The average Bonchev–Trinajstić information content (AvgIpc) is 2.31.